The molecule has 0 spiro atoms. The number of rotatable bonds is 5. The van der Waals surface area contributed by atoms with Crippen LogP contribution in [-0.4, -0.2) is 61.4 Å². The molecule has 1 aliphatic heterocycles. The van der Waals surface area contributed by atoms with Crippen molar-refractivity contribution < 1.29 is 9.59 Å². The first-order chi connectivity index (χ1) is 11.5. The number of benzene rings is 1. The Kier molecular flexibility index (Phi) is 6.55. The highest BCUT2D eigenvalue weighted by atomic mass is 16.2. The largest absolute Gasteiger partial charge is 0.348 e. The van der Waals surface area contributed by atoms with E-state index in [1.54, 1.807) is 6.08 Å². The van der Waals surface area contributed by atoms with E-state index in [1.165, 1.54) is 0 Å². The minimum absolute atomic E-state index is 0.0120. The molecule has 5 heteroatoms. The molecule has 2 amide bonds. The molecule has 1 heterocycles. The van der Waals surface area contributed by atoms with E-state index in [4.69, 9.17) is 0 Å². The molecule has 2 rings (SSSR count). The van der Waals surface area contributed by atoms with Crippen LogP contribution in [0, 0.1) is 6.92 Å². The Balaban J connectivity index is 1.89. The van der Waals surface area contributed by atoms with Gasteiger partial charge in [-0.1, -0.05) is 23.8 Å². The zero-order chi connectivity index (χ0) is 17.5. The molecule has 1 fully saturated rings. The van der Waals surface area contributed by atoms with E-state index in [9.17, 15) is 9.59 Å². The van der Waals surface area contributed by atoms with E-state index < -0.39 is 0 Å². The zero-order valence-corrected chi connectivity index (χ0v) is 14.8. The monoisotopic (exact) mass is 329 g/mol. The van der Waals surface area contributed by atoms with Gasteiger partial charge in [-0.2, -0.15) is 0 Å². The Morgan fingerprint density at radius 3 is 2.88 bits per heavy atom. The number of amides is 2. The van der Waals surface area contributed by atoms with Crippen LogP contribution in [0.5, 0.6) is 0 Å². The number of carbonyl (C=O) groups excluding carboxylic acids is 2. The lowest BCUT2D eigenvalue weighted by Gasteiger charge is -2.32. The summed E-state index contributed by atoms with van der Waals surface area (Å²) in [6.45, 7) is 4.04. The second-order valence-electron chi connectivity index (χ2n) is 6.63. The van der Waals surface area contributed by atoms with Crippen molar-refractivity contribution in [2.75, 3.05) is 33.7 Å². The van der Waals surface area contributed by atoms with Crippen LogP contribution in [0.3, 0.4) is 0 Å². The number of likely N-dealkylation sites (N-methyl/N-ethyl adjacent to an activating group) is 1. The lowest BCUT2D eigenvalue weighted by atomic mass is 10.0. The molecular formula is C19H27N3O2. The maximum atomic E-state index is 12.4. The van der Waals surface area contributed by atoms with E-state index in [0.29, 0.717) is 12.1 Å². The molecule has 1 aliphatic rings. The number of hydrogen-bond donors (Lipinski definition) is 1. The highest BCUT2D eigenvalue weighted by Crippen LogP contribution is 2.12. The second kappa shape index (κ2) is 8.64. The fourth-order valence-electron chi connectivity index (χ4n) is 2.82. The third-order valence-corrected chi connectivity index (χ3v) is 4.08. The average Bonchev–Trinajstić information content (AvgIpc) is 2.54. The van der Waals surface area contributed by atoms with Crippen LogP contribution in [-0.2, 0) is 4.79 Å². The molecule has 1 unspecified atom stereocenters. The van der Waals surface area contributed by atoms with Crippen molar-refractivity contribution in [3.8, 4) is 0 Å². The number of carbonyl (C=O) groups is 2. The summed E-state index contributed by atoms with van der Waals surface area (Å²) in [4.78, 5) is 28.4. The van der Waals surface area contributed by atoms with Crippen molar-refractivity contribution >= 4 is 11.8 Å². The molecule has 0 aromatic heterocycles. The van der Waals surface area contributed by atoms with Crippen LogP contribution in [0.15, 0.2) is 36.4 Å². The van der Waals surface area contributed by atoms with E-state index in [1.807, 2.05) is 61.2 Å². The van der Waals surface area contributed by atoms with Crippen molar-refractivity contribution in [2.24, 2.45) is 0 Å². The van der Waals surface area contributed by atoms with Crippen molar-refractivity contribution in [3.63, 3.8) is 0 Å². The predicted molar refractivity (Wildman–Crippen MR) is 95.9 cm³/mol. The van der Waals surface area contributed by atoms with E-state index in [2.05, 4.69) is 5.32 Å². The molecule has 0 bridgehead atoms. The van der Waals surface area contributed by atoms with Crippen molar-refractivity contribution in [2.45, 2.75) is 25.8 Å². The Morgan fingerprint density at radius 2 is 2.17 bits per heavy atom. The third kappa shape index (κ3) is 5.49. The van der Waals surface area contributed by atoms with Crippen molar-refractivity contribution in [1.82, 2.24) is 15.1 Å². The molecule has 0 aliphatic carbocycles. The van der Waals surface area contributed by atoms with Gasteiger partial charge in [0.15, 0.2) is 0 Å². The van der Waals surface area contributed by atoms with Crippen molar-refractivity contribution in [1.29, 1.82) is 0 Å². The lowest BCUT2D eigenvalue weighted by Crippen LogP contribution is -2.49. The van der Waals surface area contributed by atoms with Crippen molar-refractivity contribution in [3.05, 3.63) is 47.5 Å². The molecule has 1 atom stereocenters. The Labute approximate surface area is 144 Å². The third-order valence-electron chi connectivity index (χ3n) is 4.08. The molecule has 130 valence electrons. The van der Waals surface area contributed by atoms with E-state index >= 15 is 0 Å². The Morgan fingerprint density at radius 1 is 1.38 bits per heavy atom. The molecule has 1 N–H and O–H groups in total. The maximum absolute atomic E-state index is 12.4. The van der Waals surface area contributed by atoms with Crippen LogP contribution < -0.4 is 5.32 Å². The number of nitrogens with zero attached hydrogens (tertiary/aromatic N) is 2. The standard InChI is InChI=1S/C19H27N3O2/c1-15-7-4-8-16(13-15)19(24)20-17-9-5-12-22(14-17)18(23)10-6-11-21(2)3/h4,6-8,10,13,17H,5,9,11-12,14H2,1-3H3,(H,20,24)/b10-6+. The topological polar surface area (TPSA) is 52.7 Å². The summed E-state index contributed by atoms with van der Waals surface area (Å²) in [6, 6.07) is 7.57. The van der Waals surface area contributed by atoms with Gasteiger partial charge >= 0.3 is 0 Å². The number of hydrogen-bond acceptors (Lipinski definition) is 3. The first kappa shape index (κ1) is 18.2. The van der Waals surface area contributed by atoms with Gasteiger partial charge in [0.2, 0.25) is 5.91 Å². The van der Waals surface area contributed by atoms with Gasteiger partial charge in [-0.25, -0.2) is 0 Å². The maximum Gasteiger partial charge on any atom is 0.251 e. The molecular weight excluding hydrogens is 302 g/mol. The van der Waals surface area contributed by atoms with Gasteiger partial charge in [-0.3, -0.25) is 9.59 Å². The number of aryl methyl sites for hydroxylation is 1. The molecule has 0 radical (unpaired) electrons. The van der Waals surface area contributed by atoms with Crippen LogP contribution in [0.25, 0.3) is 0 Å². The average molecular weight is 329 g/mol. The van der Waals surface area contributed by atoms with Crippen LogP contribution in [0.1, 0.15) is 28.8 Å². The van der Waals surface area contributed by atoms with Crippen LogP contribution >= 0.6 is 0 Å². The number of likely N-dealkylation sites (tertiary alicyclic amines) is 1. The molecule has 24 heavy (non-hydrogen) atoms. The molecule has 1 aromatic carbocycles. The highest BCUT2D eigenvalue weighted by Gasteiger charge is 2.23. The first-order valence-electron chi connectivity index (χ1n) is 8.43. The molecule has 1 aromatic rings. The Hall–Kier alpha value is -2.14. The summed E-state index contributed by atoms with van der Waals surface area (Å²) in [5.41, 5.74) is 1.73. The van der Waals surface area contributed by atoms with E-state index in [-0.39, 0.29) is 17.9 Å². The van der Waals surface area contributed by atoms with Gasteiger partial charge in [0.25, 0.3) is 5.91 Å². The summed E-state index contributed by atoms with van der Waals surface area (Å²) in [6.07, 6.45) is 5.32. The number of piperidine rings is 1. The van der Waals surface area contributed by atoms with Gasteiger partial charge in [-0.15, -0.1) is 0 Å². The zero-order valence-electron chi connectivity index (χ0n) is 14.8. The van der Waals surface area contributed by atoms with Crippen LogP contribution in [0.2, 0.25) is 0 Å². The molecule has 1 saturated heterocycles. The minimum atomic E-state index is -0.0684. The predicted octanol–water partition coefficient (Wildman–Crippen LogP) is 1.83. The number of nitrogens with one attached hydrogen (secondary N) is 1. The summed E-state index contributed by atoms with van der Waals surface area (Å²) in [5, 5.41) is 3.06. The normalized spacial score (nSPS) is 18.2. The van der Waals surface area contributed by atoms with Crippen LogP contribution in [0.4, 0.5) is 0 Å². The summed E-state index contributed by atoms with van der Waals surface area (Å²) < 4.78 is 0. The highest BCUT2D eigenvalue weighted by molar-refractivity contribution is 5.94. The molecule has 0 saturated carbocycles. The quantitative estimate of drug-likeness (QED) is 0.839. The van der Waals surface area contributed by atoms with Gasteiger partial charge in [0.1, 0.15) is 0 Å². The summed E-state index contributed by atoms with van der Waals surface area (Å²) in [7, 11) is 3.93. The lowest BCUT2D eigenvalue weighted by molar-refractivity contribution is -0.127. The fraction of sp³-hybridized carbons (Fsp3) is 0.474. The van der Waals surface area contributed by atoms with E-state index in [0.717, 1.165) is 31.5 Å². The van der Waals surface area contributed by atoms with Gasteiger partial charge in [-0.05, 0) is 46.0 Å². The van der Waals surface area contributed by atoms with Gasteiger partial charge < -0.3 is 15.1 Å². The smallest absolute Gasteiger partial charge is 0.251 e. The Bertz CT molecular complexity index is 610. The van der Waals surface area contributed by atoms with Gasteiger partial charge in [0, 0.05) is 37.3 Å². The minimum Gasteiger partial charge on any atom is -0.348 e. The summed E-state index contributed by atoms with van der Waals surface area (Å²) in [5.74, 6) is -0.0486. The second-order valence-corrected chi connectivity index (χ2v) is 6.63. The SMILES string of the molecule is Cc1cccc(C(=O)NC2CCCN(C(=O)/C=C/CN(C)C)C2)c1. The fourth-order valence-corrected chi connectivity index (χ4v) is 2.82. The first-order valence-corrected chi connectivity index (χ1v) is 8.43. The van der Waals surface area contributed by atoms with Gasteiger partial charge in [0.05, 0.1) is 0 Å². The summed E-state index contributed by atoms with van der Waals surface area (Å²) >= 11 is 0. The molecule has 5 nitrogen and oxygen atoms in total.